The zero-order valence-corrected chi connectivity index (χ0v) is 22.3. The Morgan fingerprint density at radius 1 is 1.05 bits per heavy atom. The second-order valence-corrected chi connectivity index (χ2v) is 10.1. The smallest absolute Gasteiger partial charge is 0.401 e. The highest BCUT2D eigenvalue weighted by Crippen LogP contribution is 2.30. The molecular weight excluding hydrogens is 540 g/mol. The summed E-state index contributed by atoms with van der Waals surface area (Å²) in [6, 6.07) is 13.4. The van der Waals surface area contributed by atoms with Gasteiger partial charge in [0.2, 0.25) is 27.9 Å². The van der Waals surface area contributed by atoms with Crippen LogP contribution in [0.5, 0.6) is 0 Å². The normalized spacial score (nSPS) is 11.8. The summed E-state index contributed by atoms with van der Waals surface area (Å²) in [5.41, 5.74) is 9.24. The maximum Gasteiger partial charge on any atom is 0.433 e. The quantitative estimate of drug-likeness (QED) is 0.0845. The van der Waals surface area contributed by atoms with Crippen molar-refractivity contribution in [3.63, 3.8) is 0 Å². The minimum atomic E-state index is -3.80. The first-order valence-corrected chi connectivity index (χ1v) is 13.3. The summed E-state index contributed by atoms with van der Waals surface area (Å²) >= 11 is 0. The second kappa shape index (κ2) is 12.2. The van der Waals surface area contributed by atoms with Crippen LogP contribution >= 0.6 is 0 Å². The fraction of sp³-hybridized carbons (Fsp3) is 0.167. The van der Waals surface area contributed by atoms with Gasteiger partial charge in [0.15, 0.2) is 0 Å². The number of nitro groups is 1. The maximum atomic E-state index is 13.1. The van der Waals surface area contributed by atoms with Crippen molar-refractivity contribution in [2.45, 2.75) is 4.90 Å². The van der Waals surface area contributed by atoms with Gasteiger partial charge in [-0.05, 0) is 30.4 Å². The van der Waals surface area contributed by atoms with E-state index in [4.69, 9.17) is 10.2 Å². The molecule has 4 aromatic rings. The highest BCUT2D eigenvalue weighted by atomic mass is 32.2. The minimum absolute atomic E-state index is 0.0429. The molecule has 0 aliphatic rings. The average Bonchev–Trinajstić information content (AvgIpc) is 3.39. The lowest BCUT2D eigenvalue weighted by Gasteiger charge is -2.17. The maximum absolute atomic E-state index is 13.1. The standard InChI is InChI=1S/C24H26N10O5S/c1-33(2)19-9-3-8-18-17(19)7-4-10-20(18)40(37,38)28-15-14-26-23-29-22(25)30-24(31-23)32-27-13-5-6-16-11-12-21(39-16)34(35)36/h3-13,28H,14-15H2,1-2H3,(H4,25,26,29,30,31,32)/b6-5+,27-13+. The molecule has 0 atom stereocenters. The van der Waals surface area contributed by atoms with Crippen molar-refractivity contribution in [3.05, 3.63) is 70.5 Å². The number of nitrogens with one attached hydrogen (secondary N) is 3. The first-order chi connectivity index (χ1) is 19.1. The van der Waals surface area contributed by atoms with Crippen LogP contribution in [0, 0.1) is 10.1 Å². The number of fused-ring (bicyclic) bond motifs is 1. The van der Waals surface area contributed by atoms with Gasteiger partial charge in [-0.1, -0.05) is 24.3 Å². The highest BCUT2D eigenvalue weighted by Gasteiger charge is 2.18. The molecule has 4 rings (SSSR count). The number of hydrogen-bond donors (Lipinski definition) is 4. The van der Waals surface area contributed by atoms with Crippen LogP contribution in [0.1, 0.15) is 5.76 Å². The largest absolute Gasteiger partial charge is 0.433 e. The Morgan fingerprint density at radius 3 is 2.55 bits per heavy atom. The predicted octanol–water partition coefficient (Wildman–Crippen LogP) is 2.68. The molecule has 5 N–H and O–H groups in total. The molecule has 0 radical (unpaired) electrons. The van der Waals surface area contributed by atoms with E-state index in [0.29, 0.717) is 5.39 Å². The van der Waals surface area contributed by atoms with Gasteiger partial charge in [-0.25, -0.2) is 18.6 Å². The SMILES string of the molecule is CN(C)c1cccc2c(S(=O)(=O)NCCNc3nc(N)nc(N/N=C/C=C/c4ccc([N+](=O)[O-])o4)n3)cccc12. The Morgan fingerprint density at radius 2 is 1.80 bits per heavy atom. The molecular formula is C24H26N10O5S. The number of allylic oxidation sites excluding steroid dienone is 1. The summed E-state index contributed by atoms with van der Waals surface area (Å²) in [6.45, 7) is 0.214. The number of hydrazone groups is 1. The summed E-state index contributed by atoms with van der Waals surface area (Å²) in [5.74, 6) is -0.00889. The van der Waals surface area contributed by atoms with Crippen molar-refractivity contribution in [3.8, 4) is 0 Å². The molecule has 0 unspecified atom stereocenters. The number of benzene rings is 2. The van der Waals surface area contributed by atoms with E-state index in [9.17, 15) is 18.5 Å². The van der Waals surface area contributed by atoms with Crippen molar-refractivity contribution in [1.29, 1.82) is 0 Å². The molecule has 2 aromatic heterocycles. The predicted molar refractivity (Wildman–Crippen MR) is 153 cm³/mol. The topological polar surface area (TPSA) is 207 Å². The van der Waals surface area contributed by atoms with Gasteiger partial charge in [-0.15, -0.1) is 0 Å². The summed E-state index contributed by atoms with van der Waals surface area (Å²) < 4.78 is 33.7. The number of hydrogen-bond acceptors (Lipinski definition) is 13. The van der Waals surface area contributed by atoms with Gasteiger partial charge in [0.1, 0.15) is 10.7 Å². The number of nitrogen functional groups attached to an aromatic ring is 1. The van der Waals surface area contributed by atoms with Crippen molar-refractivity contribution >= 4 is 62.5 Å². The van der Waals surface area contributed by atoms with E-state index in [1.807, 2.05) is 37.2 Å². The van der Waals surface area contributed by atoms with E-state index < -0.39 is 14.9 Å². The molecule has 208 valence electrons. The van der Waals surface area contributed by atoms with E-state index in [1.54, 1.807) is 18.2 Å². The Bertz CT molecular complexity index is 1680. The molecule has 0 saturated carbocycles. The Labute approximate surface area is 229 Å². The lowest BCUT2D eigenvalue weighted by Crippen LogP contribution is -2.29. The highest BCUT2D eigenvalue weighted by molar-refractivity contribution is 7.89. The van der Waals surface area contributed by atoms with E-state index in [1.165, 1.54) is 30.5 Å². The van der Waals surface area contributed by atoms with Crippen LogP contribution in [0.15, 0.2) is 69.0 Å². The fourth-order valence-corrected chi connectivity index (χ4v) is 4.91. The third-order valence-corrected chi connectivity index (χ3v) is 6.88. The summed E-state index contributed by atoms with van der Waals surface area (Å²) in [6.07, 6.45) is 4.32. The number of aromatic nitrogens is 3. The van der Waals surface area contributed by atoms with Gasteiger partial charge < -0.3 is 20.4 Å². The molecule has 0 aliphatic heterocycles. The number of rotatable bonds is 12. The molecule has 15 nitrogen and oxygen atoms in total. The van der Waals surface area contributed by atoms with E-state index in [-0.39, 0.29) is 47.5 Å². The molecule has 0 saturated heterocycles. The van der Waals surface area contributed by atoms with Crippen molar-refractivity contribution in [2.75, 3.05) is 48.6 Å². The first-order valence-electron chi connectivity index (χ1n) is 11.8. The van der Waals surface area contributed by atoms with Crippen LogP contribution in [-0.2, 0) is 10.0 Å². The van der Waals surface area contributed by atoms with Gasteiger partial charge in [0.05, 0.1) is 11.0 Å². The lowest BCUT2D eigenvalue weighted by atomic mass is 10.1. The van der Waals surface area contributed by atoms with Crippen LogP contribution < -0.4 is 26.1 Å². The van der Waals surface area contributed by atoms with Crippen LogP contribution in [0.25, 0.3) is 16.8 Å². The molecule has 0 amide bonds. The third-order valence-electron chi connectivity index (χ3n) is 5.36. The zero-order chi connectivity index (χ0) is 28.7. The van der Waals surface area contributed by atoms with Gasteiger partial charge in [-0.3, -0.25) is 10.1 Å². The number of nitrogens with two attached hydrogens (primary N) is 1. The fourth-order valence-electron chi connectivity index (χ4n) is 3.65. The Kier molecular flexibility index (Phi) is 8.51. The Balaban J connectivity index is 1.33. The number of sulfonamides is 1. The molecule has 0 bridgehead atoms. The molecule has 0 spiro atoms. The van der Waals surface area contributed by atoms with Crippen LogP contribution in [0.2, 0.25) is 0 Å². The van der Waals surface area contributed by atoms with Crippen molar-refractivity contribution < 1.29 is 17.8 Å². The number of anilines is 4. The monoisotopic (exact) mass is 566 g/mol. The summed E-state index contributed by atoms with van der Waals surface area (Å²) in [7, 11) is -0.00349. The summed E-state index contributed by atoms with van der Waals surface area (Å²) in [5, 5.41) is 18.9. The van der Waals surface area contributed by atoms with E-state index in [0.717, 1.165) is 11.1 Å². The first kappa shape index (κ1) is 27.9. The van der Waals surface area contributed by atoms with Crippen molar-refractivity contribution in [1.82, 2.24) is 19.7 Å². The van der Waals surface area contributed by atoms with Crippen LogP contribution in [-0.4, -0.2) is 61.7 Å². The number of nitrogens with zero attached hydrogens (tertiary/aromatic N) is 6. The van der Waals surface area contributed by atoms with Gasteiger partial charge >= 0.3 is 5.88 Å². The molecule has 40 heavy (non-hydrogen) atoms. The average molecular weight is 567 g/mol. The third kappa shape index (κ3) is 6.86. The molecule has 0 aliphatic carbocycles. The molecule has 2 heterocycles. The Hall–Kier alpha value is -5.09. The second-order valence-electron chi connectivity index (χ2n) is 8.37. The van der Waals surface area contributed by atoms with Crippen LogP contribution in [0.3, 0.4) is 0 Å². The van der Waals surface area contributed by atoms with Gasteiger partial charge in [0, 0.05) is 49.9 Å². The van der Waals surface area contributed by atoms with Gasteiger partial charge in [-0.2, -0.15) is 20.1 Å². The number of furan rings is 1. The van der Waals surface area contributed by atoms with E-state index in [2.05, 4.69) is 35.5 Å². The molecule has 0 fully saturated rings. The summed E-state index contributed by atoms with van der Waals surface area (Å²) in [4.78, 5) is 24.2. The zero-order valence-electron chi connectivity index (χ0n) is 21.5. The van der Waals surface area contributed by atoms with Crippen LogP contribution in [0.4, 0.5) is 29.4 Å². The van der Waals surface area contributed by atoms with E-state index >= 15 is 0 Å². The molecule has 16 heteroatoms. The van der Waals surface area contributed by atoms with Gasteiger partial charge in [0.25, 0.3) is 0 Å². The molecule has 2 aromatic carbocycles. The van der Waals surface area contributed by atoms with Crippen molar-refractivity contribution in [2.24, 2.45) is 5.10 Å². The minimum Gasteiger partial charge on any atom is -0.401 e. The lowest BCUT2D eigenvalue weighted by molar-refractivity contribution is -0.402.